The lowest BCUT2D eigenvalue weighted by Crippen LogP contribution is -2.40. The van der Waals surface area contributed by atoms with E-state index >= 15 is 0 Å². The molecule has 2 fully saturated rings. The predicted octanol–water partition coefficient (Wildman–Crippen LogP) is 2.32. The van der Waals surface area contributed by atoms with Gasteiger partial charge in [-0.25, -0.2) is 9.97 Å². The fourth-order valence-electron chi connectivity index (χ4n) is 3.25. The molecular formula is C20H23N3O3. The molecule has 1 N–H and O–H groups in total. The molecule has 1 amide bonds. The van der Waals surface area contributed by atoms with Crippen molar-refractivity contribution < 1.29 is 14.6 Å². The van der Waals surface area contributed by atoms with Crippen molar-refractivity contribution >= 4 is 5.91 Å². The van der Waals surface area contributed by atoms with Crippen LogP contribution in [0.25, 0.3) is 0 Å². The minimum Gasteiger partial charge on any atom is -0.491 e. The quantitative estimate of drug-likeness (QED) is 0.893. The third-order valence-corrected chi connectivity index (χ3v) is 4.98. The lowest BCUT2D eigenvalue weighted by molar-refractivity contribution is 0.00428. The van der Waals surface area contributed by atoms with E-state index in [1.807, 2.05) is 31.2 Å². The van der Waals surface area contributed by atoms with Crippen molar-refractivity contribution in [3.8, 4) is 5.75 Å². The Labute approximate surface area is 152 Å². The van der Waals surface area contributed by atoms with Crippen LogP contribution in [0.3, 0.4) is 0 Å². The number of nitrogens with zero attached hydrogens (tertiary/aromatic N) is 3. The third kappa shape index (κ3) is 3.70. The fourth-order valence-corrected chi connectivity index (χ4v) is 3.25. The molecule has 1 saturated carbocycles. The molecular weight excluding hydrogens is 330 g/mol. The number of β-amino-alcohol motifs (C(OH)–C–C–N with tert-alkyl or cyclic N) is 1. The van der Waals surface area contributed by atoms with Gasteiger partial charge in [0.25, 0.3) is 5.91 Å². The third-order valence-electron chi connectivity index (χ3n) is 4.98. The highest BCUT2D eigenvalue weighted by Gasteiger charge is 2.39. The van der Waals surface area contributed by atoms with E-state index in [9.17, 15) is 9.90 Å². The van der Waals surface area contributed by atoms with Gasteiger partial charge >= 0.3 is 0 Å². The first-order chi connectivity index (χ1) is 12.5. The molecule has 2 heterocycles. The maximum absolute atomic E-state index is 12.6. The van der Waals surface area contributed by atoms with E-state index in [0.717, 1.165) is 30.0 Å². The Morgan fingerprint density at radius 2 is 2.12 bits per heavy atom. The lowest BCUT2D eigenvalue weighted by Gasteiger charge is -2.23. The number of likely N-dealkylation sites (tertiary alicyclic amines) is 1. The summed E-state index contributed by atoms with van der Waals surface area (Å²) >= 11 is 0. The molecule has 6 heteroatoms. The number of hydrogen-bond donors (Lipinski definition) is 1. The van der Waals surface area contributed by atoms with Gasteiger partial charge in [0.2, 0.25) is 0 Å². The summed E-state index contributed by atoms with van der Waals surface area (Å²) in [6.45, 7) is 2.91. The van der Waals surface area contributed by atoms with Crippen LogP contribution in [-0.4, -0.2) is 51.2 Å². The molecule has 1 aromatic heterocycles. The van der Waals surface area contributed by atoms with Gasteiger partial charge in [-0.05, 0) is 43.9 Å². The zero-order valence-corrected chi connectivity index (χ0v) is 14.9. The number of ether oxygens (including phenoxy) is 1. The molecule has 0 radical (unpaired) electrons. The van der Waals surface area contributed by atoms with E-state index in [-0.39, 0.29) is 19.1 Å². The molecule has 2 aliphatic rings. The Bertz CT molecular complexity index is 804. The second-order valence-electron chi connectivity index (χ2n) is 7.41. The highest BCUT2D eigenvalue weighted by atomic mass is 16.5. The van der Waals surface area contributed by atoms with Crippen molar-refractivity contribution in [3.63, 3.8) is 0 Å². The van der Waals surface area contributed by atoms with E-state index in [1.165, 1.54) is 0 Å². The van der Waals surface area contributed by atoms with Crippen LogP contribution in [-0.2, 0) is 0 Å². The largest absolute Gasteiger partial charge is 0.491 e. The Morgan fingerprint density at radius 3 is 2.81 bits per heavy atom. The monoisotopic (exact) mass is 353 g/mol. The zero-order valence-electron chi connectivity index (χ0n) is 14.9. The van der Waals surface area contributed by atoms with Gasteiger partial charge in [-0.1, -0.05) is 12.1 Å². The molecule has 0 bridgehead atoms. The Balaban J connectivity index is 1.36. The highest BCUT2D eigenvalue weighted by Crippen LogP contribution is 2.37. The molecule has 1 aromatic carbocycles. The molecule has 1 aliphatic heterocycles. The topological polar surface area (TPSA) is 75.6 Å². The molecule has 1 saturated heterocycles. The van der Waals surface area contributed by atoms with Crippen molar-refractivity contribution in [2.75, 3.05) is 19.7 Å². The lowest BCUT2D eigenvalue weighted by atomic mass is 10.1. The molecule has 2 aromatic rings. The van der Waals surface area contributed by atoms with Crippen LogP contribution in [0.5, 0.6) is 5.75 Å². The molecule has 136 valence electrons. The van der Waals surface area contributed by atoms with Gasteiger partial charge in [0.1, 0.15) is 23.8 Å². The maximum atomic E-state index is 12.6. The van der Waals surface area contributed by atoms with E-state index in [2.05, 4.69) is 9.97 Å². The molecule has 1 atom stereocenters. The van der Waals surface area contributed by atoms with Gasteiger partial charge < -0.3 is 14.7 Å². The Kier molecular flexibility index (Phi) is 4.36. The minimum absolute atomic E-state index is 0.140. The average molecular weight is 353 g/mol. The van der Waals surface area contributed by atoms with E-state index in [1.54, 1.807) is 17.3 Å². The summed E-state index contributed by atoms with van der Waals surface area (Å²) < 4.78 is 5.74. The normalized spacial score (nSPS) is 22.5. The molecule has 1 aliphatic carbocycles. The zero-order chi connectivity index (χ0) is 18.1. The number of aromatic nitrogens is 2. The van der Waals surface area contributed by atoms with Crippen LogP contribution < -0.4 is 4.74 Å². The van der Waals surface area contributed by atoms with Crippen LogP contribution in [0.2, 0.25) is 0 Å². The number of hydrogen-bond acceptors (Lipinski definition) is 5. The first kappa shape index (κ1) is 17.0. The second-order valence-corrected chi connectivity index (χ2v) is 7.41. The summed E-state index contributed by atoms with van der Waals surface area (Å²) in [6.07, 6.45) is 5.96. The number of benzene rings is 1. The van der Waals surface area contributed by atoms with Gasteiger partial charge in [-0.15, -0.1) is 0 Å². The molecule has 26 heavy (non-hydrogen) atoms. The van der Waals surface area contributed by atoms with Crippen molar-refractivity contribution in [2.45, 2.75) is 37.7 Å². The summed E-state index contributed by atoms with van der Waals surface area (Å²) in [5.41, 5.74) is 0.541. The number of rotatable bonds is 5. The molecule has 6 nitrogen and oxygen atoms in total. The molecule has 1 unspecified atom stereocenters. The standard InChI is InChI=1S/C20H23N3O3/c1-14-3-2-4-17(9-14)26-13-20(25)7-8-23(12-20)19(24)16-10-21-18(22-11-16)15-5-6-15/h2-4,9-11,15,25H,5-8,12-13H2,1H3. The van der Waals surface area contributed by atoms with Crippen LogP contribution in [0.4, 0.5) is 0 Å². The van der Waals surface area contributed by atoms with Crippen molar-refractivity contribution in [1.82, 2.24) is 14.9 Å². The SMILES string of the molecule is Cc1cccc(OCC2(O)CCN(C(=O)c3cnc(C4CC4)nc3)C2)c1. The Morgan fingerprint density at radius 1 is 1.35 bits per heavy atom. The smallest absolute Gasteiger partial charge is 0.257 e. The predicted molar refractivity (Wildman–Crippen MR) is 96.2 cm³/mol. The van der Waals surface area contributed by atoms with Gasteiger partial charge in [0.05, 0.1) is 12.1 Å². The van der Waals surface area contributed by atoms with Crippen molar-refractivity contribution in [3.05, 3.63) is 53.6 Å². The summed E-state index contributed by atoms with van der Waals surface area (Å²) in [6, 6.07) is 7.71. The van der Waals surface area contributed by atoms with Gasteiger partial charge in [0, 0.05) is 24.9 Å². The van der Waals surface area contributed by atoms with E-state index in [4.69, 9.17) is 4.74 Å². The number of carbonyl (C=O) groups is 1. The van der Waals surface area contributed by atoms with Crippen molar-refractivity contribution in [1.29, 1.82) is 0 Å². The van der Waals surface area contributed by atoms with E-state index in [0.29, 0.717) is 24.4 Å². The van der Waals surface area contributed by atoms with Crippen LogP contribution in [0, 0.1) is 6.92 Å². The molecule has 0 spiro atoms. The average Bonchev–Trinajstić information content (AvgIpc) is 3.42. The summed E-state index contributed by atoms with van der Waals surface area (Å²) in [7, 11) is 0. The van der Waals surface area contributed by atoms with Gasteiger partial charge in [-0.3, -0.25) is 4.79 Å². The molecule has 4 rings (SSSR count). The Hall–Kier alpha value is -2.47. The van der Waals surface area contributed by atoms with Crippen LogP contribution >= 0.6 is 0 Å². The fraction of sp³-hybridized carbons (Fsp3) is 0.450. The second kappa shape index (κ2) is 6.68. The number of aryl methyl sites for hydroxylation is 1. The number of amides is 1. The van der Waals surface area contributed by atoms with Crippen molar-refractivity contribution in [2.24, 2.45) is 0 Å². The van der Waals surface area contributed by atoms with Crippen LogP contribution in [0.1, 0.15) is 46.9 Å². The van der Waals surface area contributed by atoms with Crippen LogP contribution in [0.15, 0.2) is 36.7 Å². The minimum atomic E-state index is -1.03. The summed E-state index contributed by atoms with van der Waals surface area (Å²) in [5, 5.41) is 10.8. The van der Waals surface area contributed by atoms with Gasteiger partial charge in [-0.2, -0.15) is 0 Å². The number of aliphatic hydroxyl groups is 1. The first-order valence-electron chi connectivity index (χ1n) is 9.05. The van der Waals surface area contributed by atoms with Gasteiger partial charge in [0.15, 0.2) is 0 Å². The first-order valence-corrected chi connectivity index (χ1v) is 9.05. The summed E-state index contributed by atoms with van der Waals surface area (Å²) in [4.78, 5) is 22.9. The summed E-state index contributed by atoms with van der Waals surface area (Å²) in [5.74, 6) is 1.88. The maximum Gasteiger partial charge on any atom is 0.257 e. The number of carbonyl (C=O) groups excluding carboxylic acids is 1. The highest BCUT2D eigenvalue weighted by molar-refractivity contribution is 5.93. The van der Waals surface area contributed by atoms with E-state index < -0.39 is 5.60 Å².